The van der Waals surface area contributed by atoms with E-state index < -0.39 is 12.2 Å². The lowest BCUT2D eigenvalue weighted by molar-refractivity contribution is -0.130. The van der Waals surface area contributed by atoms with E-state index in [9.17, 15) is 29.4 Å². The number of ether oxygens (including phenoxy) is 1. The van der Waals surface area contributed by atoms with Crippen LogP contribution in [-0.4, -0.2) is 88.8 Å². The number of likely N-dealkylation sites (tertiary alicyclic amines) is 1. The van der Waals surface area contributed by atoms with E-state index in [-0.39, 0.29) is 41.6 Å². The molecule has 5 aromatic rings. The van der Waals surface area contributed by atoms with Gasteiger partial charge in [0.2, 0.25) is 17.4 Å². The Kier molecular flexibility index (Phi) is 16.1. The van der Waals surface area contributed by atoms with E-state index in [1.807, 2.05) is 73.8 Å². The maximum absolute atomic E-state index is 12.9. The number of piperidine rings is 1. The zero-order chi connectivity index (χ0) is 43.1. The maximum atomic E-state index is 12.9. The molecule has 2 atom stereocenters. The van der Waals surface area contributed by atoms with Crippen LogP contribution in [0.15, 0.2) is 108 Å². The standard InChI is InChI=1S/C49H59N5O7/c1-34(17-20-43(55)40-18-21-44(56)48-41(40)19-22-45(57)52-48)31-35-11-10-12-36(32-35)33-46(58)50-26-8-9-27-53(2)47(59)25-30-54-28-23-38(24-29-54)61-49(60)51-42-16-7-6-15-39(42)37-13-4-3-5-14-37/h3-7,10-16,18-19,21-22,32,34,38,43,55-56H,8-9,17,20,23-31,33H2,1-2H3,(H,50,58)(H,51,60)(H,52,57)/t34-,43-/m0/s1. The highest BCUT2D eigenvalue weighted by Crippen LogP contribution is 2.32. The number of unbranched alkanes of at least 4 members (excludes halogenated alkanes) is 1. The summed E-state index contributed by atoms with van der Waals surface area (Å²) in [5.74, 6) is 0.302. The number of anilines is 1. The number of phenols is 1. The second-order valence-corrected chi connectivity index (χ2v) is 16.3. The smallest absolute Gasteiger partial charge is 0.411 e. The second-order valence-electron chi connectivity index (χ2n) is 16.3. The molecule has 1 aliphatic heterocycles. The first-order chi connectivity index (χ1) is 29.5. The Labute approximate surface area is 357 Å². The number of aromatic amines is 1. The number of hydrogen-bond donors (Lipinski definition) is 5. The third kappa shape index (κ3) is 13.3. The summed E-state index contributed by atoms with van der Waals surface area (Å²) in [6, 6.07) is 31.9. The molecule has 0 unspecified atom stereocenters. The Morgan fingerprint density at radius 2 is 1.66 bits per heavy atom. The Morgan fingerprint density at radius 3 is 2.46 bits per heavy atom. The summed E-state index contributed by atoms with van der Waals surface area (Å²) in [5.41, 5.74) is 5.42. The van der Waals surface area contributed by atoms with Gasteiger partial charge in [0.15, 0.2) is 0 Å². The van der Waals surface area contributed by atoms with Crippen molar-refractivity contribution in [2.24, 2.45) is 5.92 Å². The number of nitrogens with one attached hydrogen (secondary N) is 3. The fourth-order valence-corrected chi connectivity index (χ4v) is 8.04. The maximum Gasteiger partial charge on any atom is 0.411 e. The molecule has 0 spiro atoms. The molecule has 1 aromatic heterocycles. The third-order valence-electron chi connectivity index (χ3n) is 11.5. The molecule has 0 radical (unpaired) electrons. The molecule has 1 aliphatic rings. The summed E-state index contributed by atoms with van der Waals surface area (Å²) in [6.07, 6.45) is 4.42. The van der Waals surface area contributed by atoms with Gasteiger partial charge in [0.05, 0.1) is 23.7 Å². The number of aromatic nitrogens is 1. The normalized spacial score (nSPS) is 14.3. The van der Waals surface area contributed by atoms with Crippen LogP contribution in [0.1, 0.15) is 74.7 Å². The first-order valence-electron chi connectivity index (χ1n) is 21.5. The van der Waals surface area contributed by atoms with Crippen LogP contribution in [-0.2, 0) is 27.2 Å². The summed E-state index contributed by atoms with van der Waals surface area (Å²) in [7, 11) is 1.83. The number of benzene rings is 4. The van der Waals surface area contributed by atoms with E-state index in [0.717, 1.165) is 61.0 Å². The van der Waals surface area contributed by atoms with Crippen LogP contribution in [0.2, 0.25) is 0 Å². The lowest BCUT2D eigenvalue weighted by Crippen LogP contribution is -2.40. The number of para-hydroxylation sites is 1. The average molecular weight is 830 g/mol. The molecule has 3 amide bonds. The number of nitrogens with zero attached hydrogens (tertiary/aromatic N) is 2. The first kappa shape index (κ1) is 44.6. The van der Waals surface area contributed by atoms with Gasteiger partial charge < -0.3 is 35.1 Å². The van der Waals surface area contributed by atoms with E-state index in [0.29, 0.717) is 67.5 Å². The van der Waals surface area contributed by atoms with Crippen LogP contribution < -0.4 is 16.2 Å². The highest BCUT2D eigenvalue weighted by molar-refractivity contribution is 5.91. The molecule has 12 heteroatoms. The number of rotatable bonds is 19. The number of aliphatic hydroxyl groups excluding tert-OH is 1. The Hall–Kier alpha value is -5.98. The first-order valence-corrected chi connectivity index (χ1v) is 21.5. The lowest BCUT2D eigenvalue weighted by Gasteiger charge is -2.31. The van der Waals surface area contributed by atoms with E-state index in [1.54, 1.807) is 17.0 Å². The molecule has 61 heavy (non-hydrogen) atoms. The van der Waals surface area contributed by atoms with Crippen molar-refractivity contribution in [2.75, 3.05) is 45.1 Å². The highest BCUT2D eigenvalue weighted by Gasteiger charge is 2.24. The molecule has 5 N–H and O–H groups in total. The zero-order valence-electron chi connectivity index (χ0n) is 35.3. The minimum atomic E-state index is -0.743. The average Bonchev–Trinajstić information content (AvgIpc) is 3.26. The van der Waals surface area contributed by atoms with Gasteiger partial charge >= 0.3 is 6.09 Å². The number of pyridine rings is 1. The largest absolute Gasteiger partial charge is 0.506 e. The number of fused-ring (bicyclic) bond motifs is 1. The fraction of sp³-hybridized carbons (Fsp3) is 0.388. The van der Waals surface area contributed by atoms with Crippen molar-refractivity contribution in [1.82, 2.24) is 20.1 Å². The van der Waals surface area contributed by atoms with E-state index in [4.69, 9.17) is 4.74 Å². The number of carbonyl (C=O) groups is 3. The van der Waals surface area contributed by atoms with Crippen LogP contribution in [0, 0.1) is 5.92 Å². The summed E-state index contributed by atoms with van der Waals surface area (Å²) in [5, 5.41) is 27.7. The van der Waals surface area contributed by atoms with Gasteiger partial charge in [-0.15, -0.1) is 0 Å². The van der Waals surface area contributed by atoms with Crippen molar-refractivity contribution in [3.8, 4) is 16.9 Å². The van der Waals surface area contributed by atoms with Crippen LogP contribution in [0.25, 0.3) is 22.0 Å². The third-order valence-corrected chi connectivity index (χ3v) is 11.5. The number of aromatic hydroxyl groups is 1. The molecule has 2 heterocycles. The molecule has 1 saturated heterocycles. The molecular formula is C49H59N5O7. The molecule has 0 saturated carbocycles. The van der Waals surface area contributed by atoms with Crippen molar-refractivity contribution in [2.45, 2.75) is 76.9 Å². The summed E-state index contributed by atoms with van der Waals surface area (Å²) in [6.45, 7) is 5.49. The monoisotopic (exact) mass is 829 g/mol. The van der Waals surface area contributed by atoms with Crippen molar-refractivity contribution in [1.29, 1.82) is 0 Å². The van der Waals surface area contributed by atoms with Crippen LogP contribution in [0.3, 0.4) is 0 Å². The summed E-state index contributed by atoms with van der Waals surface area (Å²) < 4.78 is 5.77. The van der Waals surface area contributed by atoms with Crippen LogP contribution in [0.4, 0.5) is 10.5 Å². The van der Waals surface area contributed by atoms with Gasteiger partial charge in [-0.2, -0.15) is 0 Å². The quantitative estimate of drug-likeness (QED) is 0.0532. The van der Waals surface area contributed by atoms with Gasteiger partial charge in [0, 0.05) is 63.2 Å². The summed E-state index contributed by atoms with van der Waals surface area (Å²) >= 11 is 0. The Balaban J connectivity index is 0.816. The van der Waals surface area contributed by atoms with Gasteiger partial charge in [-0.05, 0) is 91.3 Å². The Bertz CT molecular complexity index is 2290. The predicted octanol–water partition coefficient (Wildman–Crippen LogP) is 7.59. The zero-order valence-corrected chi connectivity index (χ0v) is 35.3. The van der Waals surface area contributed by atoms with Gasteiger partial charge in [-0.3, -0.25) is 19.7 Å². The second kappa shape index (κ2) is 22.0. The molecule has 0 bridgehead atoms. The van der Waals surface area contributed by atoms with Gasteiger partial charge in [0.25, 0.3) is 0 Å². The van der Waals surface area contributed by atoms with Crippen molar-refractivity contribution >= 4 is 34.5 Å². The van der Waals surface area contributed by atoms with E-state index in [1.165, 1.54) is 12.1 Å². The number of hydrogen-bond acceptors (Lipinski definition) is 8. The molecule has 0 aliphatic carbocycles. The molecule has 1 fully saturated rings. The number of phenolic OH excluding ortho intramolecular Hbond substituents is 1. The molecule has 4 aromatic carbocycles. The predicted molar refractivity (Wildman–Crippen MR) is 239 cm³/mol. The fourth-order valence-electron chi connectivity index (χ4n) is 8.04. The molecule has 6 rings (SSSR count). The van der Waals surface area contributed by atoms with Crippen molar-refractivity contribution in [3.05, 3.63) is 130 Å². The number of H-pyrrole nitrogens is 1. The van der Waals surface area contributed by atoms with E-state index in [2.05, 4.69) is 39.6 Å². The van der Waals surface area contributed by atoms with Gasteiger partial charge in [-0.25, -0.2) is 4.79 Å². The van der Waals surface area contributed by atoms with E-state index >= 15 is 0 Å². The topological polar surface area (TPSA) is 164 Å². The number of amides is 3. The van der Waals surface area contributed by atoms with Crippen molar-refractivity contribution in [3.63, 3.8) is 0 Å². The molecular weight excluding hydrogens is 771 g/mol. The lowest BCUT2D eigenvalue weighted by atomic mass is 9.91. The number of aliphatic hydroxyl groups is 1. The van der Waals surface area contributed by atoms with Gasteiger partial charge in [-0.1, -0.05) is 85.8 Å². The molecule has 12 nitrogen and oxygen atoms in total. The highest BCUT2D eigenvalue weighted by atomic mass is 16.6. The Morgan fingerprint density at radius 1 is 0.902 bits per heavy atom. The van der Waals surface area contributed by atoms with Crippen LogP contribution in [0.5, 0.6) is 5.75 Å². The van der Waals surface area contributed by atoms with Crippen molar-refractivity contribution < 1.29 is 29.3 Å². The van der Waals surface area contributed by atoms with Crippen LogP contribution >= 0.6 is 0 Å². The van der Waals surface area contributed by atoms with Gasteiger partial charge in [0.1, 0.15) is 11.9 Å². The minimum Gasteiger partial charge on any atom is -0.506 e. The minimum absolute atomic E-state index is 0.0298. The summed E-state index contributed by atoms with van der Waals surface area (Å²) in [4.78, 5) is 56.8. The number of carbonyl (C=O) groups excluding carboxylic acids is 3. The SMILES string of the molecule is C[C@@H](CC[C@H](O)c1ccc(O)c2[nH]c(=O)ccc12)Cc1cccc(CC(=O)NCCCCN(C)C(=O)CCN2CCC(OC(=O)Nc3ccccc3-c3ccccc3)CC2)c1. The molecule has 322 valence electrons.